The van der Waals surface area contributed by atoms with Crippen LogP contribution in [0, 0.1) is 0 Å². The van der Waals surface area contributed by atoms with Gasteiger partial charge in [-0.15, -0.1) is 0 Å². The summed E-state index contributed by atoms with van der Waals surface area (Å²) >= 11 is 0. The van der Waals surface area contributed by atoms with Crippen LogP contribution in [0.3, 0.4) is 0 Å². The summed E-state index contributed by atoms with van der Waals surface area (Å²) in [6, 6.07) is 0.0538. The molecule has 1 aromatic heterocycles. The van der Waals surface area contributed by atoms with Gasteiger partial charge in [-0.25, -0.2) is 4.63 Å². The highest BCUT2D eigenvalue weighted by Crippen LogP contribution is 2.20. The van der Waals surface area contributed by atoms with E-state index >= 15 is 0 Å². The van der Waals surface area contributed by atoms with E-state index < -0.39 is 0 Å². The maximum Gasteiger partial charge on any atom is 0.227 e. The number of nitrogens with one attached hydrogen (secondary N) is 2. The van der Waals surface area contributed by atoms with Crippen LogP contribution in [0.2, 0.25) is 0 Å². The number of fused-ring (bicyclic) bond motifs is 1. The van der Waals surface area contributed by atoms with Gasteiger partial charge in [0.2, 0.25) is 17.5 Å². The summed E-state index contributed by atoms with van der Waals surface area (Å²) in [7, 11) is 0. The molecule has 0 saturated carbocycles. The molecule has 2 heterocycles. The molecular formula is C6H8N4O2. The lowest BCUT2D eigenvalue weighted by Crippen LogP contribution is -2.19. The Morgan fingerprint density at radius 2 is 2.25 bits per heavy atom. The predicted octanol–water partition coefficient (Wildman–Crippen LogP) is 0.212. The zero-order valence-corrected chi connectivity index (χ0v) is 6.50. The van der Waals surface area contributed by atoms with Crippen molar-refractivity contribution in [1.29, 1.82) is 0 Å². The predicted molar refractivity (Wildman–Crippen MR) is 40.6 cm³/mol. The Bertz CT molecular complexity index is 308. The monoisotopic (exact) mass is 168 g/mol. The molecule has 0 spiro atoms. The molecule has 1 aromatic rings. The Hall–Kier alpha value is -1.59. The number of hydrogen-bond donors (Lipinski definition) is 2. The molecular weight excluding hydrogens is 160 g/mol. The first-order chi connectivity index (χ1) is 5.75. The highest BCUT2D eigenvalue weighted by Gasteiger charge is 2.21. The van der Waals surface area contributed by atoms with Crippen LogP contribution >= 0.6 is 0 Å². The molecule has 0 bridgehead atoms. The third-order valence-electron chi connectivity index (χ3n) is 1.62. The quantitative estimate of drug-likeness (QED) is 0.579. The van der Waals surface area contributed by atoms with Crippen molar-refractivity contribution in [2.45, 2.75) is 19.4 Å². The summed E-state index contributed by atoms with van der Waals surface area (Å²) in [4.78, 5) is 11.1. The third kappa shape index (κ3) is 1.11. The molecule has 1 aliphatic heterocycles. The lowest BCUT2D eigenvalue weighted by atomic mass is 10.2. The molecule has 0 aromatic carbocycles. The minimum Gasteiger partial charge on any atom is -0.361 e. The van der Waals surface area contributed by atoms with Crippen LogP contribution in [0.1, 0.15) is 13.3 Å². The zero-order valence-electron chi connectivity index (χ0n) is 6.50. The van der Waals surface area contributed by atoms with Crippen LogP contribution in [0.5, 0.6) is 0 Å². The van der Waals surface area contributed by atoms with Crippen molar-refractivity contribution in [2.75, 3.05) is 10.6 Å². The van der Waals surface area contributed by atoms with Crippen LogP contribution in [0.25, 0.3) is 0 Å². The fourth-order valence-corrected chi connectivity index (χ4v) is 1.11. The standard InChI is InChI=1S/C6H8N4O2/c1-3-2-4(11)8-6-5(7-3)9-12-10-6/h3H,2H2,1H3,(H,7,9)(H,8,10,11)/t3-/m1/s1. The van der Waals surface area contributed by atoms with E-state index in [0.717, 1.165) is 0 Å². The van der Waals surface area contributed by atoms with E-state index in [9.17, 15) is 4.79 Å². The first-order valence-electron chi connectivity index (χ1n) is 3.64. The van der Waals surface area contributed by atoms with Crippen molar-refractivity contribution in [3.8, 4) is 0 Å². The van der Waals surface area contributed by atoms with Gasteiger partial charge in [-0.05, 0) is 17.2 Å². The SMILES string of the molecule is C[C@@H]1CC(=O)Nc2nonc2N1. The van der Waals surface area contributed by atoms with E-state index in [2.05, 4.69) is 25.6 Å². The van der Waals surface area contributed by atoms with Gasteiger partial charge >= 0.3 is 0 Å². The van der Waals surface area contributed by atoms with Gasteiger partial charge in [-0.3, -0.25) is 4.79 Å². The maximum absolute atomic E-state index is 11.1. The van der Waals surface area contributed by atoms with Crippen LogP contribution in [-0.2, 0) is 4.79 Å². The number of nitrogens with zero attached hydrogens (tertiary/aromatic N) is 2. The van der Waals surface area contributed by atoms with E-state index in [-0.39, 0.29) is 11.9 Å². The summed E-state index contributed by atoms with van der Waals surface area (Å²) in [5, 5.41) is 12.7. The molecule has 0 unspecified atom stereocenters. The fourth-order valence-electron chi connectivity index (χ4n) is 1.11. The van der Waals surface area contributed by atoms with E-state index in [1.54, 1.807) is 0 Å². The molecule has 2 rings (SSSR count). The maximum atomic E-state index is 11.1. The van der Waals surface area contributed by atoms with Crippen molar-refractivity contribution < 1.29 is 9.42 Å². The number of hydrogen-bond acceptors (Lipinski definition) is 5. The third-order valence-corrected chi connectivity index (χ3v) is 1.62. The molecule has 1 amide bonds. The summed E-state index contributed by atoms with van der Waals surface area (Å²) in [5.41, 5.74) is 0. The number of carbonyl (C=O) groups excluding carboxylic acids is 1. The Morgan fingerprint density at radius 3 is 3.08 bits per heavy atom. The molecule has 0 aliphatic carbocycles. The molecule has 0 saturated heterocycles. The van der Waals surface area contributed by atoms with Crippen LogP contribution in [0.4, 0.5) is 11.6 Å². The van der Waals surface area contributed by atoms with E-state index in [4.69, 9.17) is 0 Å². The van der Waals surface area contributed by atoms with E-state index in [0.29, 0.717) is 18.1 Å². The number of amides is 1. The average Bonchev–Trinajstić information content (AvgIpc) is 2.31. The average molecular weight is 168 g/mol. The van der Waals surface area contributed by atoms with Gasteiger partial charge in [0.05, 0.1) is 0 Å². The number of carbonyl (C=O) groups is 1. The molecule has 1 atom stereocenters. The normalized spacial score (nSPS) is 22.1. The second-order valence-corrected chi connectivity index (χ2v) is 2.76. The van der Waals surface area contributed by atoms with Crippen LogP contribution in [0.15, 0.2) is 4.63 Å². The van der Waals surface area contributed by atoms with Crippen LogP contribution in [-0.4, -0.2) is 22.3 Å². The van der Waals surface area contributed by atoms with Gasteiger partial charge in [0.25, 0.3) is 0 Å². The Balaban J connectivity index is 2.33. The lowest BCUT2D eigenvalue weighted by molar-refractivity contribution is -0.116. The van der Waals surface area contributed by atoms with Gasteiger partial charge in [0.1, 0.15) is 0 Å². The Kier molecular flexibility index (Phi) is 1.46. The van der Waals surface area contributed by atoms with Crippen molar-refractivity contribution in [2.24, 2.45) is 0 Å². The summed E-state index contributed by atoms with van der Waals surface area (Å²) in [5.74, 6) is 0.780. The summed E-state index contributed by atoms with van der Waals surface area (Å²) < 4.78 is 4.44. The topological polar surface area (TPSA) is 80.1 Å². The van der Waals surface area contributed by atoms with E-state index in [1.165, 1.54) is 0 Å². The Labute approximate surface area is 68.3 Å². The minimum absolute atomic E-state index is 0.0538. The van der Waals surface area contributed by atoms with Crippen molar-refractivity contribution in [1.82, 2.24) is 10.3 Å². The van der Waals surface area contributed by atoms with E-state index in [1.807, 2.05) is 6.92 Å². The lowest BCUT2D eigenvalue weighted by Gasteiger charge is -2.05. The van der Waals surface area contributed by atoms with Crippen LogP contribution < -0.4 is 10.6 Å². The highest BCUT2D eigenvalue weighted by molar-refractivity contribution is 5.93. The molecule has 64 valence electrons. The van der Waals surface area contributed by atoms with Gasteiger partial charge in [0.15, 0.2) is 0 Å². The second kappa shape index (κ2) is 2.47. The van der Waals surface area contributed by atoms with Crippen molar-refractivity contribution in [3.05, 3.63) is 0 Å². The zero-order chi connectivity index (χ0) is 8.55. The smallest absolute Gasteiger partial charge is 0.227 e. The van der Waals surface area contributed by atoms with Gasteiger partial charge < -0.3 is 10.6 Å². The van der Waals surface area contributed by atoms with Gasteiger partial charge in [0, 0.05) is 12.5 Å². The molecule has 0 radical (unpaired) electrons. The minimum atomic E-state index is -0.0792. The fraction of sp³-hybridized carbons (Fsp3) is 0.500. The molecule has 1 aliphatic rings. The molecule has 12 heavy (non-hydrogen) atoms. The van der Waals surface area contributed by atoms with Crippen molar-refractivity contribution >= 4 is 17.5 Å². The first kappa shape index (κ1) is 7.08. The molecule has 6 nitrogen and oxygen atoms in total. The largest absolute Gasteiger partial charge is 0.361 e. The number of anilines is 2. The second-order valence-electron chi connectivity index (χ2n) is 2.76. The van der Waals surface area contributed by atoms with Gasteiger partial charge in [-0.2, -0.15) is 0 Å². The summed E-state index contributed by atoms with van der Waals surface area (Å²) in [6.45, 7) is 1.89. The number of aromatic nitrogens is 2. The highest BCUT2D eigenvalue weighted by atomic mass is 16.6. The number of rotatable bonds is 0. The molecule has 0 fully saturated rings. The van der Waals surface area contributed by atoms with Crippen molar-refractivity contribution in [3.63, 3.8) is 0 Å². The van der Waals surface area contributed by atoms with Gasteiger partial charge in [-0.1, -0.05) is 0 Å². The Morgan fingerprint density at radius 1 is 1.50 bits per heavy atom. The first-order valence-corrected chi connectivity index (χ1v) is 3.64. The summed E-state index contributed by atoms with van der Waals surface area (Å²) in [6.07, 6.45) is 0.415. The molecule has 6 heteroatoms. The molecule has 2 N–H and O–H groups in total.